The lowest BCUT2D eigenvalue weighted by molar-refractivity contribution is 0.185. The first kappa shape index (κ1) is 19.2. The van der Waals surface area contributed by atoms with Crippen molar-refractivity contribution in [2.75, 3.05) is 7.11 Å². The van der Waals surface area contributed by atoms with Crippen LogP contribution in [0.15, 0.2) is 77.3 Å². The fraction of sp³-hybridized carbons (Fsp3) is 0.192. The Labute approximate surface area is 172 Å². The molecule has 4 rings (SSSR count). The van der Waals surface area contributed by atoms with Crippen LogP contribution in [0.2, 0.25) is 0 Å². The molecule has 3 aromatic carbocycles. The second-order valence-corrected chi connectivity index (χ2v) is 7.25. The molecule has 3 heteroatoms. The van der Waals surface area contributed by atoms with Crippen LogP contribution in [0.1, 0.15) is 23.6 Å². The molecule has 0 spiro atoms. The normalized spacial score (nSPS) is 11.0. The molecule has 0 saturated carbocycles. The molecule has 1 aromatic heterocycles. The summed E-state index contributed by atoms with van der Waals surface area (Å²) in [6.45, 7) is 4.82. The summed E-state index contributed by atoms with van der Waals surface area (Å²) in [5.41, 5.74) is 9.00. The largest absolute Gasteiger partial charge is 0.380 e. The number of nitrogens with zero attached hydrogens (tertiary/aromatic N) is 1. The number of ether oxygens (including phenoxy) is 1. The molecule has 0 atom stereocenters. The molecular weight excluding hydrogens is 358 g/mol. The average molecular weight is 383 g/mol. The standard InChI is InChI=1S/C26H25NO2/c1-4-19-9-7-10-20(14-19)25-16-26(29-27-25)21-12-13-24(22(15-21)17-28-3)23-11-6-5-8-18(23)2/h5-16H,4,17H2,1-3H3. The van der Waals surface area contributed by atoms with Crippen molar-refractivity contribution in [1.82, 2.24) is 5.16 Å². The first-order valence-corrected chi connectivity index (χ1v) is 9.94. The van der Waals surface area contributed by atoms with Gasteiger partial charge in [-0.1, -0.05) is 66.7 Å². The number of rotatable bonds is 6. The summed E-state index contributed by atoms with van der Waals surface area (Å²) in [6.07, 6.45) is 0.999. The number of methoxy groups -OCH3 is 1. The van der Waals surface area contributed by atoms with Crippen molar-refractivity contribution in [1.29, 1.82) is 0 Å². The SMILES string of the molecule is CCc1cccc(-c2cc(-c3ccc(-c4ccccc4C)c(COC)c3)on2)c1. The molecule has 0 bridgehead atoms. The maximum atomic E-state index is 5.69. The highest BCUT2D eigenvalue weighted by molar-refractivity contribution is 5.75. The van der Waals surface area contributed by atoms with E-state index in [1.807, 2.05) is 6.07 Å². The first-order valence-electron chi connectivity index (χ1n) is 9.94. The van der Waals surface area contributed by atoms with E-state index in [1.165, 1.54) is 22.3 Å². The summed E-state index contributed by atoms with van der Waals surface area (Å²) in [5, 5.41) is 4.30. The minimum atomic E-state index is 0.539. The van der Waals surface area contributed by atoms with Gasteiger partial charge in [0.2, 0.25) is 0 Å². The molecule has 3 nitrogen and oxygen atoms in total. The summed E-state index contributed by atoms with van der Waals surface area (Å²) in [4.78, 5) is 0. The van der Waals surface area contributed by atoms with E-state index in [0.717, 1.165) is 34.6 Å². The number of hydrogen-bond donors (Lipinski definition) is 0. The van der Waals surface area contributed by atoms with Gasteiger partial charge in [0.1, 0.15) is 5.69 Å². The summed E-state index contributed by atoms with van der Waals surface area (Å²) in [6, 6.07) is 25.2. The Hall–Kier alpha value is -3.17. The monoisotopic (exact) mass is 383 g/mol. The summed E-state index contributed by atoms with van der Waals surface area (Å²) >= 11 is 0. The van der Waals surface area contributed by atoms with Crippen molar-refractivity contribution in [2.45, 2.75) is 26.9 Å². The molecule has 146 valence electrons. The zero-order chi connectivity index (χ0) is 20.2. The van der Waals surface area contributed by atoms with Gasteiger partial charge in [-0.25, -0.2) is 0 Å². The molecule has 0 unspecified atom stereocenters. The number of aryl methyl sites for hydroxylation is 2. The van der Waals surface area contributed by atoms with Gasteiger partial charge in [-0.2, -0.15) is 0 Å². The predicted octanol–water partition coefficient (Wildman–Crippen LogP) is 6.69. The van der Waals surface area contributed by atoms with Gasteiger partial charge in [-0.05, 0) is 53.3 Å². The smallest absolute Gasteiger partial charge is 0.167 e. The van der Waals surface area contributed by atoms with Crippen LogP contribution >= 0.6 is 0 Å². The minimum Gasteiger partial charge on any atom is -0.380 e. The fourth-order valence-corrected chi connectivity index (χ4v) is 3.66. The van der Waals surface area contributed by atoms with Gasteiger partial charge in [-0.15, -0.1) is 0 Å². The third-order valence-electron chi connectivity index (χ3n) is 5.27. The summed E-state index contributed by atoms with van der Waals surface area (Å²) < 4.78 is 11.2. The van der Waals surface area contributed by atoms with E-state index in [4.69, 9.17) is 9.26 Å². The topological polar surface area (TPSA) is 35.3 Å². The van der Waals surface area contributed by atoms with Gasteiger partial charge in [0.05, 0.1) is 6.61 Å². The van der Waals surface area contributed by atoms with Crippen LogP contribution in [0.5, 0.6) is 0 Å². The number of benzene rings is 3. The van der Waals surface area contributed by atoms with E-state index >= 15 is 0 Å². The molecule has 0 saturated heterocycles. The highest BCUT2D eigenvalue weighted by Crippen LogP contribution is 2.33. The third kappa shape index (κ3) is 4.01. The molecular formula is C26H25NO2. The Morgan fingerprint density at radius 1 is 0.862 bits per heavy atom. The zero-order valence-corrected chi connectivity index (χ0v) is 17.1. The number of aromatic nitrogens is 1. The molecule has 1 heterocycles. The van der Waals surface area contributed by atoms with E-state index in [-0.39, 0.29) is 0 Å². The molecule has 0 aliphatic carbocycles. The molecule has 4 aromatic rings. The lowest BCUT2D eigenvalue weighted by atomic mass is 9.94. The fourth-order valence-electron chi connectivity index (χ4n) is 3.66. The van der Waals surface area contributed by atoms with Crippen LogP contribution in [-0.2, 0) is 17.8 Å². The third-order valence-corrected chi connectivity index (χ3v) is 5.27. The molecule has 0 radical (unpaired) electrons. The Morgan fingerprint density at radius 3 is 2.52 bits per heavy atom. The zero-order valence-electron chi connectivity index (χ0n) is 17.1. The lowest BCUT2D eigenvalue weighted by Gasteiger charge is -2.13. The van der Waals surface area contributed by atoms with E-state index < -0.39 is 0 Å². The van der Waals surface area contributed by atoms with Gasteiger partial charge in [0.15, 0.2) is 5.76 Å². The second kappa shape index (κ2) is 8.46. The minimum absolute atomic E-state index is 0.539. The highest BCUT2D eigenvalue weighted by atomic mass is 16.5. The van der Waals surface area contributed by atoms with Crippen LogP contribution in [0.4, 0.5) is 0 Å². The van der Waals surface area contributed by atoms with Gasteiger partial charge >= 0.3 is 0 Å². The predicted molar refractivity (Wildman–Crippen MR) is 118 cm³/mol. The average Bonchev–Trinajstić information content (AvgIpc) is 3.25. The Bertz CT molecular complexity index is 1130. The Kier molecular flexibility index (Phi) is 5.59. The van der Waals surface area contributed by atoms with Gasteiger partial charge < -0.3 is 9.26 Å². The Balaban J connectivity index is 1.72. The van der Waals surface area contributed by atoms with Gasteiger partial charge in [-0.3, -0.25) is 0 Å². The van der Waals surface area contributed by atoms with E-state index in [0.29, 0.717) is 6.61 Å². The first-order chi connectivity index (χ1) is 14.2. The van der Waals surface area contributed by atoms with Crippen LogP contribution < -0.4 is 0 Å². The van der Waals surface area contributed by atoms with Gasteiger partial charge in [0, 0.05) is 24.3 Å². The highest BCUT2D eigenvalue weighted by Gasteiger charge is 2.13. The maximum Gasteiger partial charge on any atom is 0.167 e. The van der Waals surface area contributed by atoms with E-state index in [9.17, 15) is 0 Å². The summed E-state index contributed by atoms with van der Waals surface area (Å²) in [5.74, 6) is 0.760. The molecule has 29 heavy (non-hydrogen) atoms. The lowest BCUT2D eigenvalue weighted by Crippen LogP contribution is -1.94. The van der Waals surface area contributed by atoms with Crippen LogP contribution in [0, 0.1) is 6.92 Å². The van der Waals surface area contributed by atoms with Crippen LogP contribution in [0.25, 0.3) is 33.7 Å². The molecule has 0 aliphatic rings. The molecule has 0 amide bonds. The molecule has 0 aliphatic heterocycles. The van der Waals surface area contributed by atoms with Crippen molar-refractivity contribution >= 4 is 0 Å². The van der Waals surface area contributed by atoms with Crippen LogP contribution in [-0.4, -0.2) is 12.3 Å². The van der Waals surface area contributed by atoms with Crippen molar-refractivity contribution in [3.05, 3.63) is 89.5 Å². The van der Waals surface area contributed by atoms with Crippen molar-refractivity contribution in [3.8, 4) is 33.7 Å². The van der Waals surface area contributed by atoms with Crippen molar-refractivity contribution < 1.29 is 9.26 Å². The summed E-state index contributed by atoms with van der Waals surface area (Å²) in [7, 11) is 1.72. The quantitative estimate of drug-likeness (QED) is 0.372. The van der Waals surface area contributed by atoms with E-state index in [1.54, 1.807) is 7.11 Å². The van der Waals surface area contributed by atoms with Crippen LogP contribution in [0.3, 0.4) is 0 Å². The second-order valence-electron chi connectivity index (χ2n) is 7.25. The maximum absolute atomic E-state index is 5.69. The number of hydrogen-bond acceptors (Lipinski definition) is 3. The Morgan fingerprint density at radius 2 is 1.72 bits per heavy atom. The van der Waals surface area contributed by atoms with Crippen molar-refractivity contribution in [3.63, 3.8) is 0 Å². The molecule has 0 N–H and O–H groups in total. The van der Waals surface area contributed by atoms with Gasteiger partial charge in [0.25, 0.3) is 0 Å². The van der Waals surface area contributed by atoms with Crippen molar-refractivity contribution in [2.24, 2.45) is 0 Å². The van der Waals surface area contributed by atoms with E-state index in [2.05, 4.69) is 85.7 Å². The molecule has 0 fully saturated rings.